The van der Waals surface area contributed by atoms with Gasteiger partial charge in [-0.2, -0.15) is 0 Å². The summed E-state index contributed by atoms with van der Waals surface area (Å²) in [6.07, 6.45) is 51.2. The van der Waals surface area contributed by atoms with Crippen molar-refractivity contribution in [3.05, 3.63) is 0 Å². The van der Waals surface area contributed by atoms with Gasteiger partial charge in [0.05, 0.1) is 12.7 Å². The van der Waals surface area contributed by atoms with Crippen molar-refractivity contribution in [2.75, 3.05) is 32.8 Å². The highest BCUT2D eigenvalue weighted by Gasteiger charge is 2.22. The third kappa shape index (κ3) is 49.1. The lowest BCUT2D eigenvalue weighted by Crippen LogP contribution is -2.42. The summed E-state index contributed by atoms with van der Waals surface area (Å²) in [5.74, 6) is -0.895. The highest BCUT2D eigenvalue weighted by Crippen LogP contribution is 2.18. The average Bonchev–Trinajstić information content (AvgIpc) is 3.30. The number of hydrogen-bond acceptors (Lipinski definition) is 9. The summed E-state index contributed by atoms with van der Waals surface area (Å²) in [5, 5.41) is 10.3. The van der Waals surface area contributed by atoms with Gasteiger partial charge >= 0.3 is 17.9 Å². The number of unbranched alkanes of at least 4 members (excludes halogenated alkanes) is 37. The molecule has 67 heavy (non-hydrogen) atoms. The Balaban J connectivity index is 4.49. The van der Waals surface area contributed by atoms with E-state index in [1.807, 2.05) is 0 Å². The Bertz CT molecular complexity index is 1060. The monoisotopic (exact) mass is 951 g/mol. The number of aliphatic hydroxyl groups is 1. The molecule has 0 radical (unpaired) electrons. The Morgan fingerprint density at radius 2 is 0.791 bits per heavy atom. The van der Waals surface area contributed by atoms with Crippen LogP contribution >= 0.6 is 0 Å². The molecular formula is C58H114N2O7. The summed E-state index contributed by atoms with van der Waals surface area (Å²) in [6.45, 7) is 9.76. The lowest BCUT2D eigenvalue weighted by molar-refractivity contribution is -0.160. The van der Waals surface area contributed by atoms with Gasteiger partial charge < -0.3 is 25.1 Å². The minimum atomic E-state index is -0.656. The second-order valence-electron chi connectivity index (χ2n) is 20.5. The normalized spacial score (nSPS) is 12.9. The number of carbonyl (C=O) groups excluding carboxylic acids is 3. The van der Waals surface area contributed by atoms with E-state index in [9.17, 15) is 19.5 Å². The van der Waals surface area contributed by atoms with Gasteiger partial charge in [-0.1, -0.05) is 251 Å². The second-order valence-corrected chi connectivity index (χ2v) is 20.5. The van der Waals surface area contributed by atoms with Gasteiger partial charge in [0.2, 0.25) is 0 Å². The summed E-state index contributed by atoms with van der Waals surface area (Å²) < 4.78 is 16.7. The van der Waals surface area contributed by atoms with Gasteiger partial charge in [-0.3, -0.25) is 19.3 Å². The minimum absolute atomic E-state index is 0.00688. The zero-order valence-electron chi connectivity index (χ0n) is 45.1. The summed E-state index contributed by atoms with van der Waals surface area (Å²) >= 11 is 0. The SMILES string of the molecule is CCCCCCCCCCCCCCCCCCCCCC(=O)OCC(CN(CCCCC(N)C(=O)OCC)CC(C)O)OC(=O)CCCCCCCCCCCCCCCCCCCCC. The quantitative estimate of drug-likeness (QED) is 0.0348. The van der Waals surface area contributed by atoms with Gasteiger partial charge in [0.25, 0.3) is 0 Å². The van der Waals surface area contributed by atoms with Gasteiger partial charge in [-0.15, -0.1) is 0 Å². The van der Waals surface area contributed by atoms with Crippen LogP contribution in [-0.2, 0) is 28.6 Å². The first-order valence-corrected chi connectivity index (χ1v) is 29.4. The summed E-state index contributed by atoms with van der Waals surface area (Å²) in [4.78, 5) is 40.0. The van der Waals surface area contributed by atoms with Crippen molar-refractivity contribution < 1.29 is 33.7 Å². The van der Waals surface area contributed by atoms with E-state index in [1.54, 1.807) is 13.8 Å². The fraction of sp³-hybridized carbons (Fsp3) is 0.948. The van der Waals surface area contributed by atoms with Gasteiger partial charge in [0.15, 0.2) is 0 Å². The van der Waals surface area contributed by atoms with E-state index in [0.29, 0.717) is 51.9 Å². The van der Waals surface area contributed by atoms with Gasteiger partial charge in [0, 0.05) is 25.9 Å². The third-order valence-corrected chi connectivity index (χ3v) is 13.5. The fourth-order valence-corrected chi connectivity index (χ4v) is 9.31. The number of aliphatic hydroxyl groups excluding tert-OH is 1. The number of carbonyl (C=O) groups is 3. The molecule has 0 saturated carbocycles. The Morgan fingerprint density at radius 3 is 1.13 bits per heavy atom. The molecule has 0 aromatic rings. The molecule has 0 rings (SSSR count). The van der Waals surface area contributed by atoms with E-state index in [1.165, 1.54) is 205 Å². The largest absolute Gasteiger partial charge is 0.465 e. The predicted octanol–water partition coefficient (Wildman–Crippen LogP) is 15.8. The number of rotatable bonds is 54. The molecule has 0 amide bonds. The topological polar surface area (TPSA) is 128 Å². The van der Waals surface area contributed by atoms with Crippen LogP contribution < -0.4 is 5.73 Å². The molecule has 0 heterocycles. The first-order chi connectivity index (χ1) is 32.7. The van der Waals surface area contributed by atoms with Crippen LogP contribution in [0.1, 0.15) is 304 Å². The average molecular weight is 952 g/mol. The van der Waals surface area contributed by atoms with Gasteiger partial charge in [-0.25, -0.2) is 0 Å². The molecule has 0 spiro atoms. The molecule has 0 saturated heterocycles. The van der Waals surface area contributed by atoms with Crippen LogP contribution in [0.4, 0.5) is 0 Å². The Morgan fingerprint density at radius 1 is 0.448 bits per heavy atom. The van der Waals surface area contributed by atoms with Gasteiger partial charge in [-0.05, 0) is 46.1 Å². The third-order valence-electron chi connectivity index (χ3n) is 13.5. The van der Waals surface area contributed by atoms with E-state index in [4.69, 9.17) is 19.9 Å². The molecule has 0 bridgehead atoms. The Hall–Kier alpha value is -1.71. The van der Waals surface area contributed by atoms with Crippen LogP contribution in [0.3, 0.4) is 0 Å². The first kappa shape index (κ1) is 65.3. The van der Waals surface area contributed by atoms with Gasteiger partial charge in [0.1, 0.15) is 18.8 Å². The van der Waals surface area contributed by atoms with Crippen molar-refractivity contribution in [2.24, 2.45) is 5.73 Å². The highest BCUT2D eigenvalue weighted by molar-refractivity contribution is 5.75. The van der Waals surface area contributed by atoms with Crippen LogP contribution in [0.2, 0.25) is 0 Å². The molecule has 0 fully saturated rings. The van der Waals surface area contributed by atoms with Crippen molar-refractivity contribution in [1.29, 1.82) is 0 Å². The summed E-state index contributed by atoms with van der Waals surface area (Å²) in [5.41, 5.74) is 6.01. The van der Waals surface area contributed by atoms with E-state index >= 15 is 0 Å². The molecule has 3 atom stereocenters. The lowest BCUT2D eigenvalue weighted by Gasteiger charge is -2.28. The Kier molecular flexibility index (Phi) is 50.8. The minimum Gasteiger partial charge on any atom is -0.465 e. The zero-order chi connectivity index (χ0) is 49.1. The molecule has 3 N–H and O–H groups in total. The predicted molar refractivity (Wildman–Crippen MR) is 283 cm³/mol. The molecular weight excluding hydrogens is 837 g/mol. The van der Waals surface area contributed by atoms with E-state index < -0.39 is 18.2 Å². The molecule has 0 aliphatic heterocycles. The summed E-state index contributed by atoms with van der Waals surface area (Å²) in [6, 6.07) is -0.656. The molecule has 398 valence electrons. The van der Waals surface area contributed by atoms with Crippen molar-refractivity contribution in [3.8, 4) is 0 Å². The smallest absolute Gasteiger partial charge is 0.322 e. The lowest BCUT2D eigenvalue weighted by atomic mass is 10.0. The number of esters is 3. The molecule has 3 unspecified atom stereocenters. The van der Waals surface area contributed by atoms with E-state index in [0.717, 1.165) is 44.9 Å². The number of nitrogens with zero attached hydrogens (tertiary/aromatic N) is 1. The number of nitrogens with two attached hydrogens (primary N) is 1. The number of hydrogen-bond donors (Lipinski definition) is 2. The summed E-state index contributed by atoms with van der Waals surface area (Å²) in [7, 11) is 0. The fourth-order valence-electron chi connectivity index (χ4n) is 9.31. The first-order valence-electron chi connectivity index (χ1n) is 29.4. The van der Waals surface area contributed by atoms with Crippen molar-refractivity contribution in [1.82, 2.24) is 4.90 Å². The van der Waals surface area contributed by atoms with Crippen molar-refractivity contribution >= 4 is 17.9 Å². The molecule has 9 nitrogen and oxygen atoms in total. The van der Waals surface area contributed by atoms with Crippen LogP contribution in [0.15, 0.2) is 0 Å². The highest BCUT2D eigenvalue weighted by atomic mass is 16.6. The van der Waals surface area contributed by atoms with Crippen LogP contribution in [0.25, 0.3) is 0 Å². The molecule has 9 heteroatoms. The zero-order valence-corrected chi connectivity index (χ0v) is 45.1. The van der Waals surface area contributed by atoms with Crippen LogP contribution in [0, 0.1) is 0 Å². The van der Waals surface area contributed by atoms with E-state index in [2.05, 4.69) is 18.7 Å². The molecule has 0 aliphatic carbocycles. The number of ether oxygens (including phenoxy) is 3. The molecule has 0 aliphatic rings. The van der Waals surface area contributed by atoms with Crippen LogP contribution in [-0.4, -0.2) is 79.0 Å². The van der Waals surface area contributed by atoms with E-state index in [-0.39, 0.29) is 24.5 Å². The Labute approximate surface area is 415 Å². The second kappa shape index (κ2) is 52.1. The maximum Gasteiger partial charge on any atom is 0.322 e. The maximum absolute atomic E-state index is 13.1. The van der Waals surface area contributed by atoms with Crippen molar-refractivity contribution in [2.45, 2.75) is 322 Å². The van der Waals surface area contributed by atoms with Crippen molar-refractivity contribution in [3.63, 3.8) is 0 Å². The van der Waals surface area contributed by atoms with Crippen LogP contribution in [0.5, 0.6) is 0 Å². The standard InChI is InChI=1S/C58H114N2O7/c1-5-8-10-12-14-16-18-20-22-24-26-28-30-32-34-36-38-40-42-47-56(62)66-52-54(51-60(50-53(4)61)49-45-44-46-55(59)58(64)65-7-3)67-57(63)48-43-41-39-37-35-33-31-29-27-25-23-21-19-17-15-13-11-9-6-2/h53-55,61H,5-52,59H2,1-4H3. The maximum atomic E-state index is 13.1. The molecule has 0 aromatic heterocycles. The molecule has 0 aromatic carbocycles.